The number of hydrogen-bond acceptors (Lipinski definition) is 7. The van der Waals surface area contributed by atoms with Crippen molar-refractivity contribution in [3.8, 4) is 21.1 Å². The van der Waals surface area contributed by atoms with E-state index in [1.54, 1.807) is 46.6 Å². The zero-order valence-electron chi connectivity index (χ0n) is 18.7. The molecule has 0 aliphatic carbocycles. The maximum Gasteiger partial charge on any atom is 0.409 e. The van der Waals surface area contributed by atoms with Crippen LogP contribution in [-0.4, -0.2) is 52.6 Å². The van der Waals surface area contributed by atoms with Gasteiger partial charge in [0.2, 0.25) is 0 Å². The van der Waals surface area contributed by atoms with Crippen molar-refractivity contribution in [2.75, 3.05) is 19.7 Å². The number of piperidine rings is 1. The summed E-state index contributed by atoms with van der Waals surface area (Å²) < 4.78 is 5.06. The van der Waals surface area contributed by atoms with Gasteiger partial charge in [-0.1, -0.05) is 12.1 Å². The lowest BCUT2D eigenvalue weighted by molar-refractivity contribution is 0.0860. The Bertz CT molecular complexity index is 1300. The molecule has 0 unspecified atom stereocenters. The first-order chi connectivity index (χ1) is 16.6. The van der Waals surface area contributed by atoms with E-state index in [4.69, 9.17) is 14.7 Å². The molecule has 5 rings (SSSR count). The number of thiophene rings is 2. The Morgan fingerprint density at radius 1 is 1.00 bits per heavy atom. The third-order valence-electron chi connectivity index (χ3n) is 5.79. The highest BCUT2D eigenvalue weighted by molar-refractivity contribution is 7.14. The van der Waals surface area contributed by atoms with Crippen molar-refractivity contribution >= 4 is 45.7 Å². The third-order valence-corrected chi connectivity index (χ3v) is 7.54. The third kappa shape index (κ3) is 4.67. The molecular formula is C25H24N4O3S2. The van der Waals surface area contributed by atoms with Gasteiger partial charge in [-0.25, -0.2) is 14.8 Å². The summed E-state index contributed by atoms with van der Waals surface area (Å²) in [5.74, 6) is -0.140. The first-order valence-electron chi connectivity index (χ1n) is 11.2. The number of amides is 2. The molecule has 2 amide bonds. The molecule has 9 heteroatoms. The highest BCUT2D eigenvalue weighted by Crippen LogP contribution is 2.35. The van der Waals surface area contributed by atoms with Crippen molar-refractivity contribution < 1.29 is 14.3 Å². The number of hydrogen-bond donors (Lipinski definition) is 1. The molecule has 1 aromatic carbocycles. The van der Waals surface area contributed by atoms with Crippen molar-refractivity contribution in [3.05, 3.63) is 58.8 Å². The maximum absolute atomic E-state index is 13.0. The van der Waals surface area contributed by atoms with Gasteiger partial charge in [0.05, 0.1) is 27.4 Å². The Hall–Kier alpha value is -3.30. The zero-order valence-corrected chi connectivity index (χ0v) is 20.3. The van der Waals surface area contributed by atoms with Crippen molar-refractivity contribution in [3.63, 3.8) is 0 Å². The molecule has 0 radical (unpaired) electrons. The minimum atomic E-state index is -0.288. The molecule has 1 aliphatic heterocycles. The average molecular weight is 493 g/mol. The summed E-state index contributed by atoms with van der Waals surface area (Å²) in [5, 5.41) is 7.16. The van der Waals surface area contributed by atoms with Crippen molar-refractivity contribution in [1.29, 1.82) is 0 Å². The fourth-order valence-electron chi connectivity index (χ4n) is 4.06. The Balaban J connectivity index is 1.36. The van der Waals surface area contributed by atoms with Gasteiger partial charge < -0.3 is 15.0 Å². The number of carbonyl (C=O) groups excluding carboxylic acids is 2. The predicted molar refractivity (Wildman–Crippen MR) is 135 cm³/mol. The van der Waals surface area contributed by atoms with Crippen LogP contribution in [0.5, 0.6) is 0 Å². The van der Waals surface area contributed by atoms with E-state index in [1.807, 2.05) is 41.1 Å². The van der Waals surface area contributed by atoms with E-state index in [2.05, 4.69) is 5.32 Å². The second-order valence-corrected chi connectivity index (χ2v) is 9.91. The quantitative estimate of drug-likeness (QED) is 0.401. The largest absolute Gasteiger partial charge is 0.450 e. The summed E-state index contributed by atoms with van der Waals surface area (Å²) in [7, 11) is 0. The van der Waals surface area contributed by atoms with E-state index in [-0.39, 0.29) is 18.0 Å². The monoisotopic (exact) mass is 492 g/mol. The number of nitrogens with zero attached hydrogens (tertiary/aromatic N) is 3. The van der Waals surface area contributed by atoms with Gasteiger partial charge in [-0.15, -0.1) is 22.7 Å². The summed E-state index contributed by atoms with van der Waals surface area (Å²) in [5.41, 5.74) is 3.68. The van der Waals surface area contributed by atoms with Crippen LogP contribution in [0.1, 0.15) is 30.1 Å². The van der Waals surface area contributed by atoms with Gasteiger partial charge in [-0.3, -0.25) is 4.79 Å². The molecule has 1 N–H and O–H groups in total. The summed E-state index contributed by atoms with van der Waals surface area (Å²) in [6.07, 6.45) is 1.11. The van der Waals surface area contributed by atoms with Crippen LogP contribution >= 0.6 is 22.7 Å². The number of benzene rings is 1. The van der Waals surface area contributed by atoms with Gasteiger partial charge in [0, 0.05) is 24.7 Å². The highest BCUT2D eigenvalue weighted by Gasteiger charge is 2.25. The minimum absolute atomic E-state index is 0.0165. The maximum atomic E-state index is 13.0. The van der Waals surface area contributed by atoms with E-state index >= 15 is 0 Å². The number of aromatic nitrogens is 2. The van der Waals surface area contributed by atoms with Crippen LogP contribution in [0.2, 0.25) is 0 Å². The lowest BCUT2D eigenvalue weighted by atomic mass is 10.0. The normalized spacial score (nSPS) is 14.3. The summed E-state index contributed by atoms with van der Waals surface area (Å²) in [4.78, 5) is 38.5. The molecular weight excluding hydrogens is 468 g/mol. The molecule has 0 saturated carbocycles. The Labute approximate surface area is 205 Å². The molecule has 174 valence electrons. The molecule has 0 atom stereocenters. The van der Waals surface area contributed by atoms with E-state index in [9.17, 15) is 9.59 Å². The van der Waals surface area contributed by atoms with E-state index in [0.717, 1.165) is 26.7 Å². The second-order valence-electron chi connectivity index (χ2n) is 8.01. The molecule has 1 saturated heterocycles. The Morgan fingerprint density at radius 3 is 2.24 bits per heavy atom. The lowest BCUT2D eigenvalue weighted by Gasteiger charge is -2.31. The smallest absolute Gasteiger partial charge is 0.409 e. The summed E-state index contributed by atoms with van der Waals surface area (Å²) in [6.45, 7) is 3.31. The fourth-order valence-corrected chi connectivity index (χ4v) is 5.49. The van der Waals surface area contributed by atoms with Gasteiger partial charge in [0.15, 0.2) is 0 Å². The van der Waals surface area contributed by atoms with Gasteiger partial charge in [0.25, 0.3) is 5.91 Å². The van der Waals surface area contributed by atoms with Gasteiger partial charge >= 0.3 is 6.09 Å². The van der Waals surface area contributed by atoms with Crippen LogP contribution in [-0.2, 0) is 4.74 Å². The Morgan fingerprint density at radius 2 is 1.65 bits per heavy atom. The summed E-state index contributed by atoms with van der Waals surface area (Å²) in [6, 6.07) is 13.6. The first-order valence-corrected chi connectivity index (χ1v) is 13.0. The topological polar surface area (TPSA) is 84.4 Å². The van der Waals surface area contributed by atoms with E-state index in [1.165, 1.54) is 0 Å². The number of nitrogens with one attached hydrogen (secondary N) is 1. The molecule has 0 bridgehead atoms. The second kappa shape index (κ2) is 9.90. The molecule has 3 aromatic heterocycles. The first kappa shape index (κ1) is 22.5. The highest BCUT2D eigenvalue weighted by atomic mass is 32.1. The molecule has 4 aromatic rings. The number of likely N-dealkylation sites (tertiary alicyclic amines) is 1. The molecule has 1 fully saturated rings. The SMILES string of the molecule is CCOC(=O)N1CCC(NC(=O)c2ccc3nc(-c4cccs4)c(-c4cccs4)nc3c2)CC1. The molecule has 7 nitrogen and oxygen atoms in total. The van der Waals surface area contributed by atoms with Gasteiger partial charge in [-0.2, -0.15) is 0 Å². The van der Waals surface area contributed by atoms with Crippen molar-refractivity contribution in [2.45, 2.75) is 25.8 Å². The average Bonchev–Trinajstić information content (AvgIpc) is 3.58. The van der Waals surface area contributed by atoms with Crippen LogP contribution in [0.4, 0.5) is 4.79 Å². The number of fused-ring (bicyclic) bond motifs is 1. The Kier molecular flexibility index (Phi) is 6.55. The molecule has 4 heterocycles. The number of ether oxygens (including phenoxy) is 1. The number of rotatable bonds is 5. The van der Waals surface area contributed by atoms with Crippen LogP contribution in [0.3, 0.4) is 0 Å². The zero-order chi connectivity index (χ0) is 23.5. The van der Waals surface area contributed by atoms with Crippen molar-refractivity contribution in [1.82, 2.24) is 20.2 Å². The van der Waals surface area contributed by atoms with Gasteiger partial charge in [0.1, 0.15) is 11.4 Å². The fraction of sp³-hybridized carbons (Fsp3) is 0.280. The van der Waals surface area contributed by atoms with Crippen LogP contribution in [0.25, 0.3) is 32.2 Å². The molecule has 1 aliphatic rings. The standard InChI is InChI=1S/C25H24N4O3S2/c1-2-32-25(31)29-11-9-17(10-12-29)26-24(30)16-7-8-18-19(15-16)28-23(21-6-4-14-34-21)22(27-18)20-5-3-13-33-20/h3-8,13-15,17H,2,9-12H2,1H3,(H,26,30). The lowest BCUT2D eigenvalue weighted by Crippen LogP contribution is -2.46. The van der Waals surface area contributed by atoms with Crippen LogP contribution in [0.15, 0.2) is 53.2 Å². The molecule has 0 spiro atoms. The van der Waals surface area contributed by atoms with E-state index in [0.29, 0.717) is 43.6 Å². The van der Waals surface area contributed by atoms with Crippen LogP contribution in [0, 0.1) is 0 Å². The summed E-state index contributed by atoms with van der Waals surface area (Å²) >= 11 is 3.25. The molecule has 34 heavy (non-hydrogen) atoms. The van der Waals surface area contributed by atoms with Crippen LogP contribution < -0.4 is 5.32 Å². The van der Waals surface area contributed by atoms with E-state index < -0.39 is 0 Å². The van der Waals surface area contributed by atoms with Gasteiger partial charge in [-0.05, 0) is 60.9 Å². The predicted octanol–water partition coefficient (Wildman–Crippen LogP) is 5.44. The van der Waals surface area contributed by atoms with Crippen molar-refractivity contribution in [2.24, 2.45) is 0 Å². The minimum Gasteiger partial charge on any atom is -0.450 e. The number of carbonyl (C=O) groups is 2.